The summed E-state index contributed by atoms with van der Waals surface area (Å²) in [4.78, 5) is 36.9. The lowest BCUT2D eigenvalue weighted by atomic mass is 9.93. The summed E-state index contributed by atoms with van der Waals surface area (Å²) in [6, 6.07) is 5.49. The number of aryl methyl sites for hydroxylation is 1. The molecule has 1 amide bonds. The molecular formula is C17H16N4O3. The van der Waals surface area contributed by atoms with Crippen molar-refractivity contribution in [3.63, 3.8) is 0 Å². The Morgan fingerprint density at radius 1 is 1.21 bits per heavy atom. The van der Waals surface area contributed by atoms with Crippen LogP contribution in [0.1, 0.15) is 35.5 Å². The molecule has 0 atom stereocenters. The van der Waals surface area contributed by atoms with Crippen LogP contribution in [0.15, 0.2) is 35.7 Å². The van der Waals surface area contributed by atoms with Gasteiger partial charge in [0.05, 0.1) is 18.1 Å². The summed E-state index contributed by atoms with van der Waals surface area (Å²) in [5.41, 5.74) is 7.55. The van der Waals surface area contributed by atoms with Crippen molar-refractivity contribution >= 4 is 17.4 Å². The van der Waals surface area contributed by atoms with Crippen molar-refractivity contribution in [3.05, 3.63) is 47.4 Å². The average molecular weight is 324 g/mol. The summed E-state index contributed by atoms with van der Waals surface area (Å²) in [6.07, 6.45) is 2.80. The number of oxime groups is 1. The van der Waals surface area contributed by atoms with Crippen molar-refractivity contribution in [1.82, 2.24) is 9.97 Å². The molecular weight excluding hydrogens is 308 g/mol. The zero-order chi connectivity index (χ0) is 17.5. The van der Waals surface area contributed by atoms with Crippen LogP contribution in [-0.2, 0) is 9.63 Å². The highest BCUT2D eigenvalue weighted by Crippen LogP contribution is 2.27. The molecule has 1 aromatic carbocycles. The number of ketones is 1. The molecule has 0 unspecified atom stereocenters. The Hall–Kier alpha value is -3.09. The van der Waals surface area contributed by atoms with E-state index in [0.717, 1.165) is 11.1 Å². The van der Waals surface area contributed by atoms with E-state index in [-0.39, 0.29) is 17.2 Å². The van der Waals surface area contributed by atoms with E-state index in [1.807, 2.05) is 25.1 Å². The standard InChI is InChI=1S/C17H16N4O3/c1-9-4-5-10(14-15(22)17(2,3)24-21-14)6-11(9)12-7-20-13(8-19-12)16(18)23/h4-8H,1-3H3,(H2,18,23). The number of primary amides is 1. The average Bonchev–Trinajstić information content (AvgIpc) is 2.82. The molecule has 1 aromatic heterocycles. The van der Waals surface area contributed by atoms with Crippen molar-refractivity contribution in [2.75, 3.05) is 0 Å². The first kappa shape index (κ1) is 15.8. The van der Waals surface area contributed by atoms with Crippen molar-refractivity contribution in [2.24, 2.45) is 10.9 Å². The van der Waals surface area contributed by atoms with E-state index >= 15 is 0 Å². The lowest BCUT2D eigenvalue weighted by molar-refractivity contribution is -0.128. The second-order valence-electron chi connectivity index (χ2n) is 6.05. The number of carbonyl (C=O) groups is 2. The summed E-state index contributed by atoms with van der Waals surface area (Å²) >= 11 is 0. The zero-order valence-electron chi connectivity index (χ0n) is 13.5. The number of Topliss-reactive ketones (excluding diaryl/α,β-unsaturated/α-hetero) is 1. The van der Waals surface area contributed by atoms with E-state index < -0.39 is 11.5 Å². The van der Waals surface area contributed by atoms with E-state index in [2.05, 4.69) is 15.1 Å². The molecule has 0 aliphatic carbocycles. The third-order valence-corrected chi connectivity index (χ3v) is 3.82. The van der Waals surface area contributed by atoms with Gasteiger partial charge in [0.25, 0.3) is 5.91 Å². The fourth-order valence-electron chi connectivity index (χ4n) is 2.35. The summed E-state index contributed by atoms with van der Waals surface area (Å²) in [5, 5.41) is 3.91. The van der Waals surface area contributed by atoms with Crippen molar-refractivity contribution in [1.29, 1.82) is 0 Å². The molecule has 7 heteroatoms. The van der Waals surface area contributed by atoms with Gasteiger partial charge in [-0.1, -0.05) is 17.3 Å². The van der Waals surface area contributed by atoms with Crippen LogP contribution in [0, 0.1) is 6.92 Å². The molecule has 0 saturated carbocycles. The first-order chi connectivity index (χ1) is 11.3. The molecule has 0 fully saturated rings. The fourth-order valence-corrected chi connectivity index (χ4v) is 2.35. The van der Waals surface area contributed by atoms with Crippen LogP contribution in [-0.4, -0.2) is 33.0 Å². The second-order valence-corrected chi connectivity index (χ2v) is 6.05. The van der Waals surface area contributed by atoms with Gasteiger partial charge in [-0.3, -0.25) is 14.6 Å². The third kappa shape index (κ3) is 2.64. The molecule has 122 valence electrons. The van der Waals surface area contributed by atoms with E-state index in [1.54, 1.807) is 13.8 Å². The minimum Gasteiger partial charge on any atom is -0.381 e. The summed E-state index contributed by atoms with van der Waals surface area (Å²) in [7, 11) is 0. The summed E-state index contributed by atoms with van der Waals surface area (Å²) in [6.45, 7) is 5.27. The third-order valence-electron chi connectivity index (χ3n) is 3.82. The molecule has 3 rings (SSSR count). The van der Waals surface area contributed by atoms with Gasteiger partial charge in [0.15, 0.2) is 11.3 Å². The smallest absolute Gasteiger partial charge is 0.268 e. The van der Waals surface area contributed by atoms with Gasteiger partial charge in [0, 0.05) is 11.1 Å². The number of benzene rings is 1. The van der Waals surface area contributed by atoms with Gasteiger partial charge < -0.3 is 10.6 Å². The molecule has 0 bridgehead atoms. The second kappa shape index (κ2) is 5.52. The fraction of sp³-hybridized carbons (Fsp3) is 0.235. The Morgan fingerprint density at radius 2 is 1.96 bits per heavy atom. The maximum Gasteiger partial charge on any atom is 0.268 e. The summed E-state index contributed by atoms with van der Waals surface area (Å²) < 4.78 is 0. The Morgan fingerprint density at radius 3 is 2.50 bits per heavy atom. The SMILES string of the molecule is Cc1ccc(C2=NOC(C)(C)C2=O)cc1-c1cnc(C(N)=O)cn1. The number of nitrogens with two attached hydrogens (primary N) is 1. The van der Waals surface area contributed by atoms with E-state index in [9.17, 15) is 9.59 Å². The Kier molecular flexibility index (Phi) is 3.63. The molecule has 2 heterocycles. The quantitative estimate of drug-likeness (QED) is 0.923. The minimum atomic E-state index is -0.955. The van der Waals surface area contributed by atoms with Crippen LogP contribution in [0.4, 0.5) is 0 Å². The number of hydrogen-bond donors (Lipinski definition) is 1. The van der Waals surface area contributed by atoms with Gasteiger partial charge in [0.2, 0.25) is 5.78 Å². The largest absolute Gasteiger partial charge is 0.381 e. The van der Waals surface area contributed by atoms with Crippen LogP contribution in [0.2, 0.25) is 0 Å². The predicted octanol–water partition coefficient (Wildman–Crippen LogP) is 1.63. The number of hydrogen-bond acceptors (Lipinski definition) is 6. The molecule has 2 aromatic rings. The topological polar surface area (TPSA) is 108 Å². The predicted molar refractivity (Wildman–Crippen MR) is 87.4 cm³/mol. The summed E-state index contributed by atoms with van der Waals surface area (Å²) in [5.74, 6) is -0.808. The number of nitrogens with zero attached hydrogens (tertiary/aromatic N) is 3. The van der Waals surface area contributed by atoms with Crippen LogP contribution in [0.5, 0.6) is 0 Å². The lowest BCUT2D eigenvalue weighted by Gasteiger charge is -2.12. The lowest BCUT2D eigenvalue weighted by Crippen LogP contribution is -2.33. The Balaban J connectivity index is 2.01. The molecule has 2 N–H and O–H groups in total. The first-order valence-corrected chi connectivity index (χ1v) is 7.34. The van der Waals surface area contributed by atoms with E-state index in [0.29, 0.717) is 11.3 Å². The molecule has 0 radical (unpaired) electrons. The molecule has 7 nitrogen and oxygen atoms in total. The maximum absolute atomic E-state index is 12.3. The molecule has 0 spiro atoms. The molecule has 1 aliphatic heterocycles. The van der Waals surface area contributed by atoms with E-state index in [1.165, 1.54) is 12.4 Å². The normalized spacial score (nSPS) is 15.8. The minimum absolute atomic E-state index is 0.0954. The van der Waals surface area contributed by atoms with Crippen molar-refractivity contribution < 1.29 is 14.4 Å². The van der Waals surface area contributed by atoms with Crippen molar-refractivity contribution in [2.45, 2.75) is 26.4 Å². The number of carbonyl (C=O) groups excluding carboxylic acids is 2. The van der Waals surface area contributed by atoms with Gasteiger partial charge in [-0.05, 0) is 32.4 Å². The maximum atomic E-state index is 12.3. The van der Waals surface area contributed by atoms with Crippen LogP contribution < -0.4 is 5.73 Å². The van der Waals surface area contributed by atoms with Gasteiger partial charge in [-0.2, -0.15) is 0 Å². The van der Waals surface area contributed by atoms with Gasteiger partial charge >= 0.3 is 0 Å². The van der Waals surface area contributed by atoms with Gasteiger partial charge in [-0.25, -0.2) is 4.98 Å². The van der Waals surface area contributed by atoms with Crippen LogP contribution in [0.3, 0.4) is 0 Å². The van der Waals surface area contributed by atoms with Gasteiger partial charge in [-0.15, -0.1) is 0 Å². The highest BCUT2D eigenvalue weighted by atomic mass is 16.7. The van der Waals surface area contributed by atoms with Crippen molar-refractivity contribution in [3.8, 4) is 11.3 Å². The Labute approximate surface area is 138 Å². The molecule has 0 saturated heterocycles. The number of amides is 1. The molecule has 24 heavy (non-hydrogen) atoms. The van der Waals surface area contributed by atoms with Crippen LogP contribution in [0.25, 0.3) is 11.3 Å². The van der Waals surface area contributed by atoms with Crippen LogP contribution >= 0.6 is 0 Å². The monoisotopic (exact) mass is 324 g/mol. The number of aromatic nitrogens is 2. The molecule has 1 aliphatic rings. The Bertz CT molecular complexity index is 870. The van der Waals surface area contributed by atoms with Gasteiger partial charge in [0.1, 0.15) is 5.69 Å². The highest BCUT2D eigenvalue weighted by molar-refractivity contribution is 6.49. The highest BCUT2D eigenvalue weighted by Gasteiger charge is 2.40. The first-order valence-electron chi connectivity index (χ1n) is 7.34. The number of rotatable bonds is 3. The van der Waals surface area contributed by atoms with E-state index in [4.69, 9.17) is 10.6 Å². The zero-order valence-corrected chi connectivity index (χ0v) is 13.5.